The van der Waals surface area contributed by atoms with Crippen molar-refractivity contribution in [3.8, 4) is 0 Å². The highest BCUT2D eigenvalue weighted by molar-refractivity contribution is 6.34. The Morgan fingerprint density at radius 2 is 1.73 bits per heavy atom. The molecule has 0 atom stereocenters. The third kappa shape index (κ3) is 2.07. The lowest BCUT2D eigenvalue weighted by Gasteiger charge is -2.01. The summed E-state index contributed by atoms with van der Waals surface area (Å²) in [6.45, 7) is 0. The SMILES string of the molecule is O=C1Nc2cc(F)ccc2/C1=C/c1ccc2ccccc2c1. The van der Waals surface area contributed by atoms with Gasteiger partial charge < -0.3 is 5.32 Å². The molecule has 0 radical (unpaired) electrons. The molecule has 4 rings (SSSR count). The normalized spacial score (nSPS) is 15.1. The second kappa shape index (κ2) is 4.81. The van der Waals surface area contributed by atoms with Crippen molar-refractivity contribution in [1.82, 2.24) is 0 Å². The van der Waals surface area contributed by atoms with Crippen LogP contribution in [-0.2, 0) is 4.79 Å². The monoisotopic (exact) mass is 289 g/mol. The summed E-state index contributed by atoms with van der Waals surface area (Å²) >= 11 is 0. The lowest BCUT2D eigenvalue weighted by molar-refractivity contribution is -0.110. The van der Waals surface area contributed by atoms with E-state index in [1.807, 2.05) is 48.5 Å². The van der Waals surface area contributed by atoms with Gasteiger partial charge in [-0.05, 0) is 46.7 Å². The van der Waals surface area contributed by atoms with Crippen molar-refractivity contribution in [2.45, 2.75) is 0 Å². The van der Waals surface area contributed by atoms with Crippen molar-refractivity contribution >= 4 is 34.0 Å². The Labute approximate surface area is 126 Å². The van der Waals surface area contributed by atoms with Crippen molar-refractivity contribution in [2.75, 3.05) is 5.32 Å². The largest absolute Gasteiger partial charge is 0.321 e. The minimum Gasteiger partial charge on any atom is -0.321 e. The van der Waals surface area contributed by atoms with Crippen LogP contribution in [0.1, 0.15) is 11.1 Å². The summed E-state index contributed by atoms with van der Waals surface area (Å²) in [5.74, 6) is -0.556. The molecule has 0 aromatic heterocycles. The van der Waals surface area contributed by atoms with Crippen LogP contribution < -0.4 is 5.32 Å². The van der Waals surface area contributed by atoms with E-state index in [1.54, 1.807) is 6.07 Å². The lowest BCUT2D eigenvalue weighted by atomic mass is 10.0. The summed E-state index contributed by atoms with van der Waals surface area (Å²) in [7, 11) is 0. The quantitative estimate of drug-likeness (QED) is 0.658. The number of carbonyl (C=O) groups excluding carboxylic acids is 1. The molecular formula is C19H12FNO. The van der Waals surface area contributed by atoms with Crippen molar-refractivity contribution in [2.24, 2.45) is 0 Å². The Bertz CT molecular complexity index is 943. The zero-order valence-electron chi connectivity index (χ0n) is 11.6. The van der Waals surface area contributed by atoms with Crippen LogP contribution in [0.25, 0.3) is 22.4 Å². The lowest BCUT2D eigenvalue weighted by Crippen LogP contribution is -2.03. The molecule has 0 bridgehead atoms. The maximum Gasteiger partial charge on any atom is 0.256 e. The van der Waals surface area contributed by atoms with Gasteiger partial charge in [-0.3, -0.25) is 4.79 Å². The number of hydrogen-bond donors (Lipinski definition) is 1. The van der Waals surface area contributed by atoms with E-state index in [1.165, 1.54) is 12.1 Å². The molecular weight excluding hydrogens is 277 g/mol. The second-order valence-electron chi connectivity index (χ2n) is 5.31. The summed E-state index contributed by atoms with van der Waals surface area (Å²) in [5, 5.41) is 4.97. The summed E-state index contributed by atoms with van der Waals surface area (Å²) in [6, 6.07) is 18.5. The molecule has 3 aromatic carbocycles. The van der Waals surface area contributed by atoms with Gasteiger partial charge in [-0.15, -0.1) is 0 Å². The Hall–Kier alpha value is -2.94. The Balaban J connectivity index is 1.83. The topological polar surface area (TPSA) is 29.1 Å². The van der Waals surface area contributed by atoms with Crippen molar-refractivity contribution < 1.29 is 9.18 Å². The predicted octanol–water partition coefficient (Wildman–Crippen LogP) is 4.47. The molecule has 1 N–H and O–H groups in total. The molecule has 22 heavy (non-hydrogen) atoms. The maximum absolute atomic E-state index is 13.2. The molecule has 0 unspecified atom stereocenters. The smallest absolute Gasteiger partial charge is 0.256 e. The molecule has 0 spiro atoms. The molecule has 1 aliphatic heterocycles. The van der Waals surface area contributed by atoms with Crippen LogP contribution >= 0.6 is 0 Å². The first-order chi connectivity index (χ1) is 10.7. The van der Waals surface area contributed by atoms with Gasteiger partial charge in [-0.25, -0.2) is 4.39 Å². The zero-order valence-corrected chi connectivity index (χ0v) is 11.6. The van der Waals surface area contributed by atoms with Gasteiger partial charge in [0.2, 0.25) is 0 Å². The van der Waals surface area contributed by atoms with Gasteiger partial charge in [-0.1, -0.05) is 36.4 Å². The van der Waals surface area contributed by atoms with Gasteiger partial charge in [0.15, 0.2) is 0 Å². The fraction of sp³-hybridized carbons (Fsp3) is 0. The number of fused-ring (bicyclic) bond motifs is 2. The molecule has 2 nitrogen and oxygen atoms in total. The third-order valence-electron chi connectivity index (χ3n) is 3.85. The molecule has 0 saturated carbocycles. The van der Waals surface area contributed by atoms with Crippen LogP contribution in [0.4, 0.5) is 10.1 Å². The average Bonchev–Trinajstić information content (AvgIpc) is 2.82. The van der Waals surface area contributed by atoms with Crippen molar-refractivity contribution in [1.29, 1.82) is 0 Å². The van der Waals surface area contributed by atoms with Crippen molar-refractivity contribution in [3.63, 3.8) is 0 Å². The predicted molar refractivity (Wildman–Crippen MR) is 86.8 cm³/mol. The van der Waals surface area contributed by atoms with Crippen LogP contribution in [-0.4, -0.2) is 5.91 Å². The van der Waals surface area contributed by atoms with E-state index in [2.05, 4.69) is 5.32 Å². The maximum atomic E-state index is 13.2. The molecule has 1 heterocycles. The number of amides is 1. The van der Waals surface area contributed by atoms with Gasteiger partial charge in [0.05, 0.1) is 5.69 Å². The highest BCUT2D eigenvalue weighted by Gasteiger charge is 2.24. The molecule has 3 heteroatoms. The first kappa shape index (κ1) is 12.8. The van der Waals surface area contributed by atoms with E-state index in [9.17, 15) is 9.18 Å². The van der Waals surface area contributed by atoms with Gasteiger partial charge >= 0.3 is 0 Å². The van der Waals surface area contributed by atoms with E-state index in [4.69, 9.17) is 0 Å². The van der Waals surface area contributed by atoms with Crippen LogP contribution in [0.2, 0.25) is 0 Å². The molecule has 0 saturated heterocycles. The number of anilines is 1. The minimum atomic E-state index is -0.356. The van der Waals surface area contributed by atoms with E-state index in [0.717, 1.165) is 21.9 Å². The van der Waals surface area contributed by atoms with E-state index >= 15 is 0 Å². The Kier molecular flexibility index (Phi) is 2.79. The number of nitrogens with one attached hydrogen (secondary N) is 1. The van der Waals surface area contributed by atoms with Crippen LogP contribution in [0.5, 0.6) is 0 Å². The van der Waals surface area contributed by atoms with E-state index < -0.39 is 0 Å². The Morgan fingerprint density at radius 1 is 0.909 bits per heavy atom. The average molecular weight is 289 g/mol. The fourth-order valence-corrected chi connectivity index (χ4v) is 2.77. The summed E-state index contributed by atoms with van der Waals surface area (Å²) in [5.41, 5.74) is 2.77. The third-order valence-corrected chi connectivity index (χ3v) is 3.85. The Morgan fingerprint density at radius 3 is 2.59 bits per heavy atom. The van der Waals surface area contributed by atoms with Gasteiger partial charge in [0, 0.05) is 11.1 Å². The summed E-state index contributed by atoms with van der Waals surface area (Å²) < 4.78 is 13.2. The zero-order chi connectivity index (χ0) is 15.1. The fourth-order valence-electron chi connectivity index (χ4n) is 2.77. The number of benzene rings is 3. The second-order valence-corrected chi connectivity index (χ2v) is 5.31. The molecule has 3 aromatic rings. The number of hydrogen-bond acceptors (Lipinski definition) is 1. The van der Waals surface area contributed by atoms with Gasteiger partial charge in [0.25, 0.3) is 5.91 Å². The van der Waals surface area contributed by atoms with E-state index in [-0.39, 0.29) is 11.7 Å². The van der Waals surface area contributed by atoms with E-state index in [0.29, 0.717) is 11.3 Å². The highest BCUT2D eigenvalue weighted by atomic mass is 19.1. The molecule has 106 valence electrons. The van der Waals surface area contributed by atoms with Crippen LogP contribution in [0, 0.1) is 5.82 Å². The van der Waals surface area contributed by atoms with Crippen molar-refractivity contribution in [3.05, 3.63) is 77.6 Å². The number of rotatable bonds is 1. The molecule has 1 aliphatic rings. The van der Waals surface area contributed by atoms with Crippen LogP contribution in [0.3, 0.4) is 0 Å². The summed E-state index contributed by atoms with van der Waals surface area (Å²) in [4.78, 5) is 12.1. The highest BCUT2D eigenvalue weighted by Crippen LogP contribution is 2.33. The standard InChI is InChI=1S/C19H12FNO/c20-15-7-8-16-17(19(22)21-18(16)11-15)10-12-5-6-13-3-1-2-4-14(13)9-12/h1-11H,(H,21,22)/b17-10-. The first-order valence-corrected chi connectivity index (χ1v) is 7.02. The molecule has 1 amide bonds. The summed E-state index contributed by atoms with van der Waals surface area (Å²) in [6.07, 6.45) is 1.84. The molecule has 0 aliphatic carbocycles. The number of halogens is 1. The van der Waals surface area contributed by atoms with Gasteiger partial charge in [0.1, 0.15) is 5.82 Å². The minimum absolute atomic E-state index is 0.200. The van der Waals surface area contributed by atoms with Crippen LogP contribution in [0.15, 0.2) is 60.7 Å². The number of carbonyl (C=O) groups is 1. The van der Waals surface area contributed by atoms with Gasteiger partial charge in [-0.2, -0.15) is 0 Å². The molecule has 0 fully saturated rings. The first-order valence-electron chi connectivity index (χ1n) is 7.02.